The maximum atomic E-state index is 2.54. The van der Waals surface area contributed by atoms with Gasteiger partial charge in [-0.15, -0.1) is 45.3 Å². The monoisotopic (exact) mass is 912 g/mol. The lowest BCUT2D eigenvalue weighted by atomic mass is 9.34. The summed E-state index contributed by atoms with van der Waals surface area (Å²) in [6.07, 6.45) is 0. The van der Waals surface area contributed by atoms with Crippen molar-refractivity contribution in [2.45, 2.75) is 41.5 Å². The van der Waals surface area contributed by atoms with Crippen LogP contribution >= 0.6 is 45.3 Å². The highest BCUT2D eigenvalue weighted by Gasteiger charge is 2.33. The molecule has 0 unspecified atom stereocenters. The largest absolute Gasteiger partial charge is 0.302 e. The molecule has 4 heterocycles. The summed E-state index contributed by atoms with van der Waals surface area (Å²) in [5.74, 6) is 0. The quantitative estimate of drug-likeness (QED) is 0.113. The Morgan fingerprint density at radius 3 is 1.06 bits per heavy atom. The summed E-state index contributed by atoms with van der Waals surface area (Å²) in [5.41, 5.74) is 16.7. The van der Waals surface area contributed by atoms with Gasteiger partial charge in [0.25, 0.3) is 0 Å². The number of aryl methyl sites for hydroxylation is 6. The van der Waals surface area contributed by atoms with Gasteiger partial charge in [0.15, 0.2) is 0 Å². The highest BCUT2D eigenvalue weighted by Crippen LogP contribution is 2.48. The lowest BCUT2D eigenvalue weighted by molar-refractivity contribution is 1.32. The van der Waals surface area contributed by atoms with Crippen LogP contribution in [0.1, 0.15) is 33.4 Å². The molecule has 318 valence electrons. The van der Waals surface area contributed by atoms with Gasteiger partial charge in [0.1, 0.15) is 10.0 Å². The molecule has 65 heavy (non-hydrogen) atoms. The first-order valence-electron chi connectivity index (χ1n) is 22.1. The molecule has 0 spiro atoms. The molecule has 7 heteroatoms. The molecule has 0 saturated heterocycles. The standard InChI is InChI=1S/C58H49BN2S4/c1-38-33-40(3)56(41(4)34-38)59(57-42(5)35-39(2)36-43(57)6)48-37-53(51-30-32-55(64-51)61(46-23-15-9-16-24-46)47-25-17-10-18-26-47)65-58(48)52-28-27-49(62-52)50-29-31-54(63-50)60(44-19-11-7-12-20-44)45-21-13-8-14-22-45/h7-37H,1-6H3. The smallest absolute Gasteiger partial charge is 0.244 e. The van der Waals surface area contributed by atoms with Crippen LogP contribution in [0.2, 0.25) is 0 Å². The van der Waals surface area contributed by atoms with Crippen LogP contribution in [0.15, 0.2) is 188 Å². The van der Waals surface area contributed by atoms with Gasteiger partial charge in [0.05, 0.1) is 0 Å². The van der Waals surface area contributed by atoms with Crippen molar-refractivity contribution in [3.63, 3.8) is 0 Å². The lowest BCUT2D eigenvalue weighted by Gasteiger charge is -2.24. The minimum absolute atomic E-state index is 0.0463. The number of hydrogen-bond acceptors (Lipinski definition) is 6. The van der Waals surface area contributed by atoms with Gasteiger partial charge in [-0.2, -0.15) is 0 Å². The van der Waals surface area contributed by atoms with Gasteiger partial charge < -0.3 is 9.80 Å². The predicted octanol–water partition coefficient (Wildman–Crippen LogP) is 16.2. The molecule has 0 fully saturated rings. The Morgan fingerprint density at radius 1 is 0.323 bits per heavy atom. The number of para-hydroxylation sites is 4. The second-order valence-electron chi connectivity index (χ2n) is 16.9. The van der Waals surface area contributed by atoms with Crippen molar-refractivity contribution in [1.82, 2.24) is 0 Å². The fourth-order valence-electron chi connectivity index (χ4n) is 9.55. The van der Waals surface area contributed by atoms with Gasteiger partial charge in [0.2, 0.25) is 6.71 Å². The van der Waals surface area contributed by atoms with Crippen molar-refractivity contribution in [1.29, 1.82) is 0 Å². The van der Waals surface area contributed by atoms with E-state index >= 15 is 0 Å². The summed E-state index contributed by atoms with van der Waals surface area (Å²) in [4.78, 5) is 12.5. The predicted molar refractivity (Wildman–Crippen MR) is 290 cm³/mol. The van der Waals surface area contributed by atoms with Gasteiger partial charge in [-0.05, 0) is 138 Å². The van der Waals surface area contributed by atoms with Crippen molar-refractivity contribution in [2.75, 3.05) is 9.80 Å². The van der Waals surface area contributed by atoms with Crippen LogP contribution < -0.4 is 26.2 Å². The molecular formula is C58H49BN2S4. The number of rotatable bonds is 12. The molecule has 0 radical (unpaired) electrons. The van der Waals surface area contributed by atoms with E-state index < -0.39 is 0 Å². The van der Waals surface area contributed by atoms with Crippen LogP contribution in [0.25, 0.3) is 29.3 Å². The fourth-order valence-corrected chi connectivity index (χ4v) is 14.2. The molecule has 0 amide bonds. The number of thiophene rings is 4. The average Bonchev–Trinajstić information content (AvgIpc) is 4.15. The van der Waals surface area contributed by atoms with E-state index in [1.165, 1.54) is 89.0 Å². The zero-order chi connectivity index (χ0) is 44.6. The summed E-state index contributed by atoms with van der Waals surface area (Å²) >= 11 is 7.56. The molecular weight excluding hydrogens is 864 g/mol. The SMILES string of the molecule is Cc1cc(C)c(B(c2cc(-c3ccc(N(c4ccccc4)c4ccccc4)s3)sc2-c2ccc(-c3ccc(N(c4ccccc4)c4ccccc4)s3)s2)c2c(C)cc(C)cc2C)c(C)c1. The molecule has 0 bridgehead atoms. The molecule has 4 aromatic heterocycles. The first-order valence-corrected chi connectivity index (χ1v) is 25.4. The van der Waals surface area contributed by atoms with Gasteiger partial charge in [-0.3, -0.25) is 0 Å². The Kier molecular flexibility index (Phi) is 12.1. The van der Waals surface area contributed by atoms with E-state index in [0.717, 1.165) is 22.7 Å². The third kappa shape index (κ3) is 8.58. The van der Waals surface area contributed by atoms with Crippen LogP contribution in [0.5, 0.6) is 0 Å². The fraction of sp³-hybridized carbons (Fsp3) is 0.103. The zero-order valence-electron chi connectivity index (χ0n) is 37.5. The maximum absolute atomic E-state index is 2.54. The molecule has 0 saturated carbocycles. The molecule has 10 aromatic rings. The summed E-state index contributed by atoms with van der Waals surface area (Å²) in [5, 5.41) is 2.38. The normalized spacial score (nSPS) is 11.2. The third-order valence-electron chi connectivity index (χ3n) is 12.1. The maximum Gasteiger partial charge on any atom is 0.244 e. The summed E-state index contributed by atoms with van der Waals surface area (Å²) < 4.78 is 0. The number of anilines is 6. The zero-order valence-corrected chi connectivity index (χ0v) is 40.8. The Balaban J connectivity index is 1.13. The van der Waals surface area contributed by atoms with E-state index in [1.807, 2.05) is 45.3 Å². The van der Waals surface area contributed by atoms with E-state index in [1.54, 1.807) is 0 Å². The van der Waals surface area contributed by atoms with Crippen LogP contribution in [0.4, 0.5) is 32.8 Å². The van der Waals surface area contributed by atoms with E-state index in [9.17, 15) is 0 Å². The molecule has 6 aromatic carbocycles. The molecule has 2 nitrogen and oxygen atoms in total. The molecule has 0 aliphatic heterocycles. The number of hydrogen-bond donors (Lipinski definition) is 0. The topological polar surface area (TPSA) is 6.48 Å². The van der Waals surface area contributed by atoms with E-state index in [-0.39, 0.29) is 6.71 Å². The van der Waals surface area contributed by atoms with Gasteiger partial charge in [-0.1, -0.05) is 141 Å². The van der Waals surface area contributed by atoms with Crippen molar-refractivity contribution in [3.8, 4) is 29.3 Å². The number of benzene rings is 6. The average molecular weight is 913 g/mol. The second-order valence-corrected chi connectivity index (χ2v) is 21.2. The van der Waals surface area contributed by atoms with Crippen LogP contribution in [0.3, 0.4) is 0 Å². The molecule has 0 aliphatic rings. The minimum atomic E-state index is 0.0463. The molecule has 0 N–H and O–H groups in total. The summed E-state index contributed by atoms with van der Waals surface area (Å²) in [7, 11) is 0. The molecule has 0 atom stereocenters. The molecule has 0 aliphatic carbocycles. The van der Waals surface area contributed by atoms with E-state index in [4.69, 9.17) is 0 Å². The Bertz CT molecular complexity index is 3050. The van der Waals surface area contributed by atoms with Crippen molar-refractivity contribution >= 4 is 101 Å². The van der Waals surface area contributed by atoms with Crippen LogP contribution in [-0.4, -0.2) is 6.71 Å². The van der Waals surface area contributed by atoms with Crippen molar-refractivity contribution in [3.05, 3.63) is 221 Å². The van der Waals surface area contributed by atoms with Gasteiger partial charge in [-0.25, -0.2) is 0 Å². The molecule has 10 rings (SSSR count). The van der Waals surface area contributed by atoms with Crippen molar-refractivity contribution in [2.24, 2.45) is 0 Å². The van der Waals surface area contributed by atoms with Crippen LogP contribution in [0, 0.1) is 41.5 Å². The second kappa shape index (κ2) is 18.3. The lowest BCUT2D eigenvalue weighted by Crippen LogP contribution is -2.56. The summed E-state index contributed by atoms with van der Waals surface area (Å²) in [6, 6.07) is 68.8. The van der Waals surface area contributed by atoms with Crippen LogP contribution in [-0.2, 0) is 0 Å². The Hall–Kier alpha value is -6.22. The first kappa shape index (κ1) is 42.7. The highest BCUT2D eigenvalue weighted by atomic mass is 32.1. The van der Waals surface area contributed by atoms with Gasteiger partial charge >= 0.3 is 0 Å². The first-order chi connectivity index (χ1) is 31.7. The minimum Gasteiger partial charge on any atom is -0.302 e. The van der Waals surface area contributed by atoms with E-state index in [0.29, 0.717) is 0 Å². The van der Waals surface area contributed by atoms with E-state index in [2.05, 4.69) is 239 Å². The summed E-state index contributed by atoms with van der Waals surface area (Å²) in [6.45, 7) is 13.7. The van der Waals surface area contributed by atoms with Crippen molar-refractivity contribution < 1.29 is 0 Å². The highest BCUT2D eigenvalue weighted by molar-refractivity contribution is 7.30. The Labute approximate surface area is 400 Å². The van der Waals surface area contributed by atoms with Gasteiger partial charge in [0, 0.05) is 52.0 Å². The Morgan fingerprint density at radius 2 is 0.662 bits per heavy atom. The third-order valence-corrected chi connectivity index (χ3v) is 17.1. The number of nitrogens with zero attached hydrogens (tertiary/aromatic N) is 2.